The maximum atomic E-state index is 12.2. The monoisotopic (exact) mass is 396 g/mol. The molecular formula is C15H16N2O2VY-2. The van der Waals surface area contributed by atoms with Crippen molar-refractivity contribution in [1.82, 2.24) is 5.16 Å². The summed E-state index contributed by atoms with van der Waals surface area (Å²) in [6.07, 6.45) is 1.56. The molecule has 1 N–H and O–H groups in total. The number of nitrogens with one attached hydrogen (secondary N) is 1. The van der Waals surface area contributed by atoms with E-state index in [9.17, 15) is 4.79 Å². The Morgan fingerprint density at radius 1 is 1.38 bits per heavy atom. The number of benzene rings is 1. The van der Waals surface area contributed by atoms with Gasteiger partial charge in [-0.15, -0.1) is 0 Å². The van der Waals surface area contributed by atoms with Gasteiger partial charge in [-0.1, -0.05) is 32.9 Å². The number of aryl methyl sites for hydroxylation is 2. The van der Waals surface area contributed by atoms with Gasteiger partial charge >= 0.3 is 0 Å². The maximum Gasteiger partial charge on any atom is 0.178 e. The van der Waals surface area contributed by atoms with Gasteiger partial charge in [0.2, 0.25) is 0 Å². The first kappa shape index (κ1) is 20.6. The van der Waals surface area contributed by atoms with E-state index in [1.165, 1.54) is 0 Å². The van der Waals surface area contributed by atoms with Crippen molar-refractivity contribution in [3.05, 3.63) is 46.7 Å². The smallest absolute Gasteiger partial charge is 0.178 e. The van der Waals surface area contributed by atoms with Gasteiger partial charge in [0.25, 0.3) is 0 Å². The van der Waals surface area contributed by atoms with Crippen molar-refractivity contribution in [1.29, 1.82) is 0 Å². The van der Waals surface area contributed by atoms with Crippen LogP contribution in [0.25, 0.3) is 0 Å². The van der Waals surface area contributed by atoms with Crippen LogP contribution in [0.1, 0.15) is 46.8 Å². The molecule has 0 aliphatic rings. The molecule has 1 heterocycles. The van der Waals surface area contributed by atoms with E-state index >= 15 is 0 Å². The van der Waals surface area contributed by atoms with Crippen LogP contribution in [-0.4, -0.2) is 11.1 Å². The molecule has 0 aliphatic heterocycles. The molecule has 0 bridgehead atoms. The normalized spacial score (nSPS) is 9.76. The third-order valence-corrected chi connectivity index (χ3v) is 2.91. The molecule has 108 valence electrons. The maximum absolute atomic E-state index is 12.2. The minimum absolute atomic E-state index is 0. The van der Waals surface area contributed by atoms with Crippen molar-refractivity contribution in [2.45, 2.75) is 33.6 Å². The van der Waals surface area contributed by atoms with Gasteiger partial charge in [-0.05, 0) is 5.92 Å². The number of rotatable bonds is 3. The van der Waals surface area contributed by atoms with Gasteiger partial charge in [0.05, 0.1) is 0 Å². The van der Waals surface area contributed by atoms with Crippen LogP contribution in [0.5, 0.6) is 0 Å². The molecule has 0 unspecified atom stereocenters. The standard InChI is InChI=1S/C15H16N2O2.V.Y/c1-9(2)13-8-19-17-14(13)16-15(18)12-6-5-10(3)7-11(12)4;;/h6,8-9H,1-4H3,(H,16,17,18);;/q-2;;. The van der Waals surface area contributed by atoms with Crippen LogP contribution >= 0.6 is 0 Å². The largest absolute Gasteiger partial charge is 0.362 e. The fourth-order valence-corrected chi connectivity index (χ4v) is 1.83. The number of anilines is 1. The Bertz CT molecular complexity index is 611. The summed E-state index contributed by atoms with van der Waals surface area (Å²) in [4.78, 5) is 12.2. The Kier molecular flexibility index (Phi) is 8.72. The second kappa shape index (κ2) is 8.89. The average molecular weight is 396 g/mol. The Balaban J connectivity index is 0.00000200. The first-order chi connectivity index (χ1) is 8.99. The van der Waals surface area contributed by atoms with Crippen LogP contribution in [0.15, 0.2) is 16.9 Å². The molecule has 1 aromatic carbocycles. The second-order valence-electron chi connectivity index (χ2n) is 4.80. The van der Waals surface area contributed by atoms with E-state index in [2.05, 4.69) is 22.6 Å². The zero-order chi connectivity index (χ0) is 14.0. The molecule has 2 radical (unpaired) electrons. The molecule has 1 amide bonds. The van der Waals surface area contributed by atoms with E-state index in [-0.39, 0.29) is 63.1 Å². The molecule has 0 aliphatic carbocycles. The molecule has 0 fully saturated rings. The van der Waals surface area contributed by atoms with Gasteiger partial charge in [-0.25, -0.2) is 0 Å². The van der Waals surface area contributed by atoms with Crippen molar-refractivity contribution in [3.63, 3.8) is 0 Å². The van der Waals surface area contributed by atoms with Crippen LogP contribution in [0.4, 0.5) is 5.82 Å². The molecule has 0 saturated heterocycles. The van der Waals surface area contributed by atoms with Crippen LogP contribution in [0.3, 0.4) is 0 Å². The first-order valence-corrected chi connectivity index (χ1v) is 6.16. The summed E-state index contributed by atoms with van der Waals surface area (Å²) >= 11 is 0. The van der Waals surface area contributed by atoms with Gasteiger partial charge in [-0.3, -0.25) is 22.0 Å². The minimum Gasteiger partial charge on any atom is -0.362 e. The van der Waals surface area contributed by atoms with Crippen molar-refractivity contribution < 1.29 is 60.6 Å². The average Bonchev–Trinajstić information content (AvgIpc) is 2.76. The minimum atomic E-state index is -0.221. The SMILES string of the molecule is Cc1[c-]cc(C(=O)Nc2nocc2C(C)C)c(C)[c-]1.[V].[Y]. The van der Waals surface area contributed by atoms with Gasteiger partial charge in [-0.2, -0.15) is 5.56 Å². The summed E-state index contributed by atoms with van der Waals surface area (Å²) in [6, 6.07) is 7.73. The predicted octanol–water partition coefficient (Wildman–Crippen LogP) is 3.26. The Morgan fingerprint density at radius 3 is 2.62 bits per heavy atom. The zero-order valence-electron chi connectivity index (χ0n) is 12.5. The summed E-state index contributed by atoms with van der Waals surface area (Å²) < 4.78 is 4.91. The molecule has 2 aromatic rings. The molecule has 2 rings (SSSR count). The van der Waals surface area contributed by atoms with Crippen molar-refractivity contribution in [2.24, 2.45) is 0 Å². The van der Waals surface area contributed by atoms with Crippen molar-refractivity contribution in [2.75, 3.05) is 5.32 Å². The second-order valence-corrected chi connectivity index (χ2v) is 4.80. The number of nitrogens with zero attached hydrogens (tertiary/aromatic N) is 1. The third kappa shape index (κ3) is 5.07. The number of aromatic nitrogens is 1. The molecule has 0 atom stereocenters. The van der Waals surface area contributed by atoms with E-state index in [0.29, 0.717) is 11.4 Å². The van der Waals surface area contributed by atoms with Crippen LogP contribution in [0.2, 0.25) is 0 Å². The first-order valence-electron chi connectivity index (χ1n) is 6.16. The molecule has 4 nitrogen and oxygen atoms in total. The van der Waals surface area contributed by atoms with Gasteiger partial charge in [0, 0.05) is 56.8 Å². The van der Waals surface area contributed by atoms with Crippen LogP contribution < -0.4 is 5.32 Å². The number of hydrogen-bond donors (Lipinski definition) is 1. The van der Waals surface area contributed by atoms with Crippen LogP contribution in [0, 0.1) is 26.0 Å². The molecule has 1 aromatic heterocycles. The summed E-state index contributed by atoms with van der Waals surface area (Å²) in [5.41, 5.74) is 3.11. The van der Waals surface area contributed by atoms with Gasteiger partial charge in [0.1, 0.15) is 12.2 Å². The molecule has 6 heteroatoms. The third-order valence-electron chi connectivity index (χ3n) is 2.91. The van der Waals surface area contributed by atoms with E-state index in [1.807, 2.05) is 27.7 Å². The number of hydrogen-bond acceptors (Lipinski definition) is 3. The Morgan fingerprint density at radius 2 is 2.05 bits per heavy atom. The van der Waals surface area contributed by atoms with E-state index < -0.39 is 0 Å². The Labute approximate surface area is 162 Å². The zero-order valence-corrected chi connectivity index (χ0v) is 16.8. The quantitative estimate of drug-likeness (QED) is 0.811. The predicted molar refractivity (Wildman–Crippen MR) is 72.1 cm³/mol. The fourth-order valence-electron chi connectivity index (χ4n) is 1.83. The summed E-state index contributed by atoms with van der Waals surface area (Å²) in [5, 5.41) is 6.59. The van der Waals surface area contributed by atoms with Gasteiger partial charge in [0.15, 0.2) is 5.82 Å². The molecule has 0 spiro atoms. The summed E-state index contributed by atoms with van der Waals surface area (Å²) in [5.74, 6) is 0.486. The topological polar surface area (TPSA) is 55.1 Å². The van der Waals surface area contributed by atoms with E-state index in [0.717, 1.165) is 16.7 Å². The molecule has 21 heavy (non-hydrogen) atoms. The number of amides is 1. The number of carbonyl (C=O) groups is 1. The fraction of sp³-hybridized carbons (Fsp3) is 0.333. The van der Waals surface area contributed by atoms with E-state index in [1.54, 1.807) is 12.3 Å². The number of carbonyl (C=O) groups excluding carboxylic acids is 1. The van der Waals surface area contributed by atoms with Crippen molar-refractivity contribution in [3.8, 4) is 0 Å². The van der Waals surface area contributed by atoms with Crippen LogP contribution in [-0.2, 0) is 51.3 Å². The summed E-state index contributed by atoms with van der Waals surface area (Å²) in [6.45, 7) is 7.77. The molecule has 0 saturated carbocycles. The van der Waals surface area contributed by atoms with E-state index in [4.69, 9.17) is 4.52 Å². The summed E-state index contributed by atoms with van der Waals surface area (Å²) in [7, 11) is 0. The van der Waals surface area contributed by atoms with Crippen molar-refractivity contribution >= 4 is 11.7 Å². The molecular weight excluding hydrogens is 380 g/mol. The van der Waals surface area contributed by atoms with Gasteiger partial charge < -0.3 is 22.0 Å². The Hall–Kier alpha value is -0.412.